The Morgan fingerprint density at radius 1 is 1.07 bits per heavy atom. The van der Waals surface area contributed by atoms with Crippen LogP contribution >= 0.6 is 0 Å². The van der Waals surface area contributed by atoms with E-state index in [2.05, 4.69) is 0 Å². The van der Waals surface area contributed by atoms with Gasteiger partial charge < -0.3 is 15.3 Å². The Kier molecular flexibility index (Phi) is 2.26. The second-order valence-electron chi connectivity index (χ2n) is 3.80. The average molecular weight is 208 g/mol. The van der Waals surface area contributed by atoms with Crippen LogP contribution in [0.1, 0.15) is 24.0 Å². The molecule has 0 aromatic heterocycles. The minimum atomic E-state index is -0.538. The van der Waals surface area contributed by atoms with Crippen molar-refractivity contribution < 1.29 is 20.1 Å². The van der Waals surface area contributed by atoms with Gasteiger partial charge in [-0.3, -0.25) is 4.79 Å². The fourth-order valence-corrected chi connectivity index (χ4v) is 1.92. The molecule has 1 aliphatic rings. The Balaban J connectivity index is 2.58. The average Bonchev–Trinajstić information content (AvgIpc) is 2.37. The number of ketones is 1. The summed E-state index contributed by atoms with van der Waals surface area (Å²) in [6, 6.07) is 1.42. The van der Waals surface area contributed by atoms with Crippen LogP contribution in [0.15, 0.2) is 6.07 Å². The molecule has 1 aromatic carbocycles. The summed E-state index contributed by atoms with van der Waals surface area (Å²) in [6.07, 6.45) is 1.97. The van der Waals surface area contributed by atoms with Crippen LogP contribution in [-0.4, -0.2) is 21.1 Å². The number of hydrogen-bond donors (Lipinski definition) is 3. The molecule has 0 radical (unpaired) electrons. The number of fused-ring (bicyclic) bond motifs is 1. The van der Waals surface area contributed by atoms with Crippen LogP contribution in [0, 0.1) is 0 Å². The molecule has 0 aliphatic heterocycles. The number of carbonyl (C=O) groups excluding carboxylic acids is 1. The predicted molar refractivity (Wildman–Crippen MR) is 53.1 cm³/mol. The highest BCUT2D eigenvalue weighted by Crippen LogP contribution is 2.41. The zero-order chi connectivity index (χ0) is 11.0. The Hall–Kier alpha value is -1.71. The molecule has 2 rings (SSSR count). The topological polar surface area (TPSA) is 77.8 Å². The maximum Gasteiger partial charge on any atom is 0.200 e. The Morgan fingerprint density at radius 3 is 2.53 bits per heavy atom. The fraction of sp³-hybridized carbons (Fsp3) is 0.364. The van der Waals surface area contributed by atoms with Gasteiger partial charge in [0.1, 0.15) is 5.78 Å². The number of aromatic hydroxyl groups is 3. The van der Waals surface area contributed by atoms with E-state index in [1.54, 1.807) is 0 Å². The lowest BCUT2D eigenvalue weighted by Crippen LogP contribution is -2.00. The molecular formula is C11H12O4. The SMILES string of the molecule is O=C1CCCc2cc(O)c(O)c(O)c2C1. The lowest BCUT2D eigenvalue weighted by Gasteiger charge is -2.10. The Bertz CT molecular complexity index is 423. The number of phenolic OH excluding ortho intramolecular Hbond substituents is 3. The van der Waals surface area contributed by atoms with Crippen molar-refractivity contribution in [2.75, 3.05) is 0 Å². The van der Waals surface area contributed by atoms with Gasteiger partial charge in [-0.25, -0.2) is 0 Å². The number of hydrogen-bond acceptors (Lipinski definition) is 4. The maximum absolute atomic E-state index is 11.3. The second-order valence-corrected chi connectivity index (χ2v) is 3.80. The molecule has 0 atom stereocenters. The summed E-state index contributed by atoms with van der Waals surface area (Å²) in [5.74, 6) is -1.18. The van der Waals surface area contributed by atoms with Gasteiger partial charge in [-0.15, -0.1) is 0 Å². The fourth-order valence-electron chi connectivity index (χ4n) is 1.92. The first-order valence-corrected chi connectivity index (χ1v) is 4.87. The summed E-state index contributed by atoms with van der Waals surface area (Å²) in [7, 11) is 0. The van der Waals surface area contributed by atoms with Crippen LogP contribution in [0.5, 0.6) is 17.2 Å². The predicted octanol–water partition coefficient (Wildman–Crippen LogP) is 1.25. The number of phenols is 3. The van der Waals surface area contributed by atoms with Crippen molar-refractivity contribution in [3.8, 4) is 17.2 Å². The standard InChI is InChI=1S/C11H12O4/c12-7-3-1-2-6-4-9(13)11(15)10(14)8(6)5-7/h4,13-15H,1-3,5H2. The van der Waals surface area contributed by atoms with E-state index in [1.165, 1.54) is 6.07 Å². The zero-order valence-corrected chi connectivity index (χ0v) is 8.16. The molecule has 0 bridgehead atoms. The van der Waals surface area contributed by atoms with Crippen molar-refractivity contribution in [2.45, 2.75) is 25.7 Å². The van der Waals surface area contributed by atoms with Crippen LogP contribution in [0.4, 0.5) is 0 Å². The summed E-state index contributed by atoms with van der Waals surface area (Å²) in [5.41, 5.74) is 1.20. The van der Waals surface area contributed by atoms with Crippen molar-refractivity contribution in [3.63, 3.8) is 0 Å². The number of aryl methyl sites for hydroxylation is 1. The molecule has 80 valence electrons. The van der Waals surface area contributed by atoms with E-state index in [9.17, 15) is 20.1 Å². The number of Topliss-reactive ketones (excluding diaryl/α,β-unsaturated/α-hetero) is 1. The minimum absolute atomic E-state index is 0.0501. The Morgan fingerprint density at radius 2 is 1.80 bits per heavy atom. The summed E-state index contributed by atoms with van der Waals surface area (Å²) < 4.78 is 0. The van der Waals surface area contributed by atoms with Gasteiger partial charge in [-0.1, -0.05) is 0 Å². The smallest absolute Gasteiger partial charge is 0.200 e. The molecule has 0 unspecified atom stereocenters. The van der Waals surface area contributed by atoms with Crippen LogP contribution in [-0.2, 0) is 17.6 Å². The van der Waals surface area contributed by atoms with Crippen molar-refractivity contribution in [3.05, 3.63) is 17.2 Å². The summed E-state index contributed by atoms with van der Waals surface area (Å²) in [5, 5.41) is 28.3. The van der Waals surface area contributed by atoms with Gasteiger partial charge in [0, 0.05) is 18.4 Å². The molecule has 1 aromatic rings. The molecule has 0 amide bonds. The van der Waals surface area contributed by atoms with Crippen LogP contribution in [0.25, 0.3) is 0 Å². The maximum atomic E-state index is 11.3. The summed E-state index contributed by atoms with van der Waals surface area (Å²) >= 11 is 0. The number of carbonyl (C=O) groups is 1. The van der Waals surface area contributed by atoms with Crippen LogP contribution in [0.2, 0.25) is 0 Å². The van der Waals surface area contributed by atoms with Crippen molar-refractivity contribution in [1.29, 1.82) is 0 Å². The van der Waals surface area contributed by atoms with Gasteiger partial charge in [0.15, 0.2) is 11.5 Å². The first kappa shape index (κ1) is 9.83. The third kappa shape index (κ3) is 1.63. The molecule has 1 aliphatic carbocycles. The normalized spacial score (nSPS) is 15.9. The van der Waals surface area contributed by atoms with Gasteiger partial charge in [0.25, 0.3) is 0 Å². The van der Waals surface area contributed by atoms with Crippen molar-refractivity contribution in [1.82, 2.24) is 0 Å². The van der Waals surface area contributed by atoms with E-state index >= 15 is 0 Å². The minimum Gasteiger partial charge on any atom is -0.504 e. The second kappa shape index (κ2) is 3.46. The van der Waals surface area contributed by atoms with E-state index in [0.29, 0.717) is 18.4 Å². The first-order valence-electron chi connectivity index (χ1n) is 4.87. The van der Waals surface area contributed by atoms with E-state index < -0.39 is 5.75 Å². The zero-order valence-electron chi connectivity index (χ0n) is 8.16. The molecule has 0 saturated carbocycles. The quantitative estimate of drug-likeness (QED) is 0.443. The molecule has 0 fully saturated rings. The molecule has 4 nitrogen and oxygen atoms in total. The molecule has 0 heterocycles. The molecule has 15 heavy (non-hydrogen) atoms. The Labute approximate surface area is 86.8 Å². The summed E-state index contributed by atoms with van der Waals surface area (Å²) in [4.78, 5) is 11.3. The summed E-state index contributed by atoms with van der Waals surface area (Å²) in [6.45, 7) is 0. The van der Waals surface area contributed by atoms with Gasteiger partial charge >= 0.3 is 0 Å². The first-order chi connectivity index (χ1) is 7.09. The third-order valence-electron chi connectivity index (χ3n) is 2.73. The van der Waals surface area contributed by atoms with E-state index in [-0.39, 0.29) is 23.7 Å². The lowest BCUT2D eigenvalue weighted by molar-refractivity contribution is -0.118. The largest absolute Gasteiger partial charge is 0.504 e. The highest BCUT2D eigenvalue weighted by atomic mass is 16.3. The van der Waals surface area contributed by atoms with Gasteiger partial charge in [-0.05, 0) is 24.5 Å². The highest BCUT2D eigenvalue weighted by molar-refractivity contribution is 5.83. The van der Waals surface area contributed by atoms with Gasteiger partial charge in [0.2, 0.25) is 5.75 Å². The number of rotatable bonds is 0. The van der Waals surface area contributed by atoms with Gasteiger partial charge in [0.05, 0.1) is 0 Å². The highest BCUT2D eigenvalue weighted by Gasteiger charge is 2.21. The van der Waals surface area contributed by atoms with Crippen LogP contribution < -0.4 is 0 Å². The van der Waals surface area contributed by atoms with Crippen molar-refractivity contribution >= 4 is 5.78 Å². The molecular weight excluding hydrogens is 196 g/mol. The third-order valence-corrected chi connectivity index (χ3v) is 2.73. The molecule has 0 spiro atoms. The van der Waals surface area contributed by atoms with E-state index in [1.807, 2.05) is 0 Å². The molecule has 3 N–H and O–H groups in total. The van der Waals surface area contributed by atoms with E-state index in [0.717, 1.165) is 12.0 Å². The van der Waals surface area contributed by atoms with Crippen LogP contribution in [0.3, 0.4) is 0 Å². The van der Waals surface area contributed by atoms with E-state index in [4.69, 9.17) is 0 Å². The van der Waals surface area contributed by atoms with Crippen molar-refractivity contribution in [2.24, 2.45) is 0 Å². The monoisotopic (exact) mass is 208 g/mol. The number of benzene rings is 1. The van der Waals surface area contributed by atoms with Gasteiger partial charge in [-0.2, -0.15) is 0 Å². The molecule has 0 saturated heterocycles. The lowest BCUT2D eigenvalue weighted by atomic mass is 10.0. The molecule has 4 heteroatoms.